The Morgan fingerprint density at radius 3 is 2.58 bits per heavy atom. The summed E-state index contributed by atoms with van der Waals surface area (Å²) in [6, 6.07) is 18.3. The Hall–Kier alpha value is -2.75. The normalized spacial score (nSPS) is 12.1. The number of aromatic amines is 1. The molecule has 0 aliphatic heterocycles. The first-order chi connectivity index (χ1) is 11.7. The van der Waals surface area contributed by atoms with E-state index in [0.29, 0.717) is 18.3 Å². The fraction of sp³-hybridized carbons (Fsp3) is 0.250. The average Bonchev–Trinajstić information content (AvgIpc) is 3.06. The van der Waals surface area contributed by atoms with Crippen molar-refractivity contribution in [1.82, 2.24) is 10.2 Å². The predicted molar refractivity (Wildman–Crippen MR) is 97.9 cm³/mol. The molecule has 0 radical (unpaired) electrons. The highest BCUT2D eigenvalue weighted by atomic mass is 16.5. The van der Waals surface area contributed by atoms with Crippen LogP contribution in [0.2, 0.25) is 0 Å². The van der Waals surface area contributed by atoms with Crippen LogP contribution in [0.25, 0.3) is 11.3 Å². The Labute approximate surface area is 142 Å². The van der Waals surface area contributed by atoms with E-state index in [-0.39, 0.29) is 0 Å². The lowest BCUT2D eigenvalue weighted by molar-refractivity contribution is 0.301. The van der Waals surface area contributed by atoms with Crippen LogP contribution in [0.15, 0.2) is 54.6 Å². The number of benzene rings is 2. The van der Waals surface area contributed by atoms with Gasteiger partial charge in [-0.15, -0.1) is 0 Å². The minimum Gasteiger partial charge on any atom is -0.489 e. The number of nitrogen functional groups attached to an aromatic ring is 1. The molecule has 0 bridgehead atoms. The van der Waals surface area contributed by atoms with Gasteiger partial charge in [0.2, 0.25) is 0 Å². The number of nitrogens with one attached hydrogen (secondary N) is 1. The number of rotatable bonds is 6. The third-order valence-electron chi connectivity index (χ3n) is 4.30. The summed E-state index contributed by atoms with van der Waals surface area (Å²) in [4.78, 5) is 0. The second-order valence-electron chi connectivity index (χ2n) is 6.04. The van der Waals surface area contributed by atoms with E-state index in [4.69, 9.17) is 10.5 Å². The van der Waals surface area contributed by atoms with E-state index in [1.54, 1.807) is 0 Å². The van der Waals surface area contributed by atoms with Gasteiger partial charge in [-0.1, -0.05) is 44.2 Å². The van der Waals surface area contributed by atoms with Gasteiger partial charge in [-0.3, -0.25) is 5.10 Å². The van der Waals surface area contributed by atoms with Crippen molar-refractivity contribution in [3.8, 4) is 17.0 Å². The topological polar surface area (TPSA) is 63.9 Å². The van der Waals surface area contributed by atoms with Crippen LogP contribution in [0.5, 0.6) is 5.75 Å². The number of hydrogen-bond donors (Lipinski definition) is 2. The summed E-state index contributed by atoms with van der Waals surface area (Å²) in [6.07, 6.45) is 1.05. The van der Waals surface area contributed by atoms with Crippen molar-refractivity contribution in [2.75, 3.05) is 5.73 Å². The van der Waals surface area contributed by atoms with Crippen molar-refractivity contribution in [2.45, 2.75) is 32.8 Å². The molecule has 0 amide bonds. The predicted octanol–water partition coefficient (Wildman–Crippen LogP) is 4.75. The van der Waals surface area contributed by atoms with E-state index in [1.807, 2.05) is 36.4 Å². The maximum atomic E-state index is 6.09. The summed E-state index contributed by atoms with van der Waals surface area (Å²) < 4.78 is 6.09. The molecule has 4 nitrogen and oxygen atoms in total. The molecular formula is C20H23N3O. The van der Waals surface area contributed by atoms with E-state index in [0.717, 1.165) is 29.0 Å². The number of aromatic nitrogens is 2. The van der Waals surface area contributed by atoms with E-state index >= 15 is 0 Å². The fourth-order valence-corrected chi connectivity index (χ4v) is 2.67. The van der Waals surface area contributed by atoms with Crippen molar-refractivity contribution < 1.29 is 4.74 Å². The second kappa shape index (κ2) is 7.21. The third kappa shape index (κ3) is 3.59. The van der Waals surface area contributed by atoms with E-state index in [1.165, 1.54) is 5.56 Å². The monoisotopic (exact) mass is 321 g/mol. The first-order valence-corrected chi connectivity index (χ1v) is 8.29. The maximum absolute atomic E-state index is 6.09. The summed E-state index contributed by atoms with van der Waals surface area (Å²) >= 11 is 0. The zero-order valence-electron chi connectivity index (χ0n) is 14.1. The molecule has 1 aromatic heterocycles. The number of hydrogen-bond acceptors (Lipinski definition) is 3. The van der Waals surface area contributed by atoms with Crippen molar-refractivity contribution in [2.24, 2.45) is 0 Å². The molecule has 0 spiro atoms. The van der Waals surface area contributed by atoms with Crippen LogP contribution in [-0.2, 0) is 6.61 Å². The zero-order chi connectivity index (χ0) is 16.9. The third-order valence-corrected chi connectivity index (χ3v) is 4.30. The molecule has 3 N–H and O–H groups in total. The Balaban J connectivity index is 1.87. The molecule has 0 unspecified atom stereocenters. The van der Waals surface area contributed by atoms with Gasteiger partial charge in [0, 0.05) is 11.6 Å². The summed E-state index contributed by atoms with van der Waals surface area (Å²) in [6.45, 7) is 4.98. The summed E-state index contributed by atoms with van der Waals surface area (Å²) in [5.41, 5.74) is 10.1. The number of ether oxygens (including phenoxy) is 1. The minimum atomic E-state index is 0.413. The molecule has 0 saturated carbocycles. The van der Waals surface area contributed by atoms with Crippen LogP contribution in [-0.4, -0.2) is 10.2 Å². The van der Waals surface area contributed by atoms with Gasteiger partial charge in [-0.25, -0.2) is 0 Å². The molecule has 24 heavy (non-hydrogen) atoms. The average molecular weight is 321 g/mol. The van der Waals surface area contributed by atoms with Crippen LogP contribution in [0.1, 0.15) is 37.3 Å². The first kappa shape index (κ1) is 16.1. The molecule has 4 heteroatoms. The number of nitrogens with two attached hydrogens (primary N) is 1. The lowest BCUT2D eigenvalue weighted by atomic mass is 9.95. The molecule has 0 aliphatic carbocycles. The van der Waals surface area contributed by atoms with Crippen molar-refractivity contribution in [3.63, 3.8) is 0 Å². The van der Waals surface area contributed by atoms with E-state index in [2.05, 4.69) is 42.2 Å². The fourth-order valence-electron chi connectivity index (χ4n) is 2.67. The Kier molecular flexibility index (Phi) is 4.85. The van der Waals surface area contributed by atoms with Gasteiger partial charge in [0.05, 0.1) is 5.69 Å². The second-order valence-corrected chi connectivity index (χ2v) is 6.04. The van der Waals surface area contributed by atoms with E-state index < -0.39 is 0 Å². The summed E-state index contributed by atoms with van der Waals surface area (Å²) in [5.74, 6) is 1.85. The molecule has 1 atom stereocenters. The van der Waals surface area contributed by atoms with Crippen LogP contribution >= 0.6 is 0 Å². The van der Waals surface area contributed by atoms with Gasteiger partial charge >= 0.3 is 0 Å². The Morgan fingerprint density at radius 2 is 1.92 bits per heavy atom. The SMILES string of the molecule is CC[C@H](C)c1cc(-c2cc(N)n[nH]2)ccc1OCc1ccccc1. The molecular weight excluding hydrogens is 298 g/mol. The molecule has 3 aromatic rings. The Bertz CT molecular complexity index is 796. The lowest BCUT2D eigenvalue weighted by Crippen LogP contribution is -2.01. The van der Waals surface area contributed by atoms with Gasteiger partial charge in [0.15, 0.2) is 0 Å². The van der Waals surface area contributed by atoms with Crippen LogP contribution in [0.4, 0.5) is 5.82 Å². The van der Waals surface area contributed by atoms with Gasteiger partial charge in [0.25, 0.3) is 0 Å². The standard InChI is InChI=1S/C20H23N3O/c1-3-14(2)17-11-16(18-12-20(21)23-22-18)9-10-19(17)24-13-15-7-5-4-6-8-15/h4-12,14H,3,13H2,1-2H3,(H3,21,22,23)/t14-/m0/s1. The molecule has 0 saturated heterocycles. The van der Waals surface area contributed by atoms with Gasteiger partial charge in [-0.2, -0.15) is 5.10 Å². The van der Waals surface area contributed by atoms with Crippen molar-refractivity contribution >= 4 is 5.82 Å². The minimum absolute atomic E-state index is 0.413. The molecule has 3 rings (SSSR count). The molecule has 1 heterocycles. The van der Waals surface area contributed by atoms with Gasteiger partial charge in [0.1, 0.15) is 18.2 Å². The first-order valence-electron chi connectivity index (χ1n) is 8.29. The number of H-pyrrole nitrogens is 1. The molecule has 0 fully saturated rings. The van der Waals surface area contributed by atoms with Crippen molar-refractivity contribution in [1.29, 1.82) is 0 Å². The highest BCUT2D eigenvalue weighted by molar-refractivity contribution is 5.64. The highest BCUT2D eigenvalue weighted by Crippen LogP contribution is 2.33. The summed E-state index contributed by atoms with van der Waals surface area (Å²) in [5, 5.41) is 6.98. The van der Waals surface area contributed by atoms with Gasteiger partial charge in [-0.05, 0) is 41.7 Å². The Morgan fingerprint density at radius 1 is 1.12 bits per heavy atom. The zero-order valence-corrected chi connectivity index (χ0v) is 14.1. The lowest BCUT2D eigenvalue weighted by Gasteiger charge is -2.17. The van der Waals surface area contributed by atoms with Crippen LogP contribution in [0.3, 0.4) is 0 Å². The smallest absolute Gasteiger partial charge is 0.145 e. The maximum Gasteiger partial charge on any atom is 0.145 e. The van der Waals surface area contributed by atoms with Crippen molar-refractivity contribution in [3.05, 3.63) is 65.7 Å². The highest BCUT2D eigenvalue weighted by Gasteiger charge is 2.13. The van der Waals surface area contributed by atoms with E-state index in [9.17, 15) is 0 Å². The largest absolute Gasteiger partial charge is 0.489 e. The quantitative estimate of drug-likeness (QED) is 0.688. The molecule has 2 aromatic carbocycles. The molecule has 0 aliphatic rings. The molecule has 124 valence electrons. The number of anilines is 1. The number of nitrogens with zero attached hydrogens (tertiary/aromatic N) is 1. The summed E-state index contributed by atoms with van der Waals surface area (Å²) in [7, 11) is 0. The van der Waals surface area contributed by atoms with Crippen LogP contribution < -0.4 is 10.5 Å². The van der Waals surface area contributed by atoms with Gasteiger partial charge < -0.3 is 10.5 Å². The van der Waals surface area contributed by atoms with Crippen LogP contribution in [0, 0.1) is 0 Å².